The number of anilines is 1. The highest BCUT2D eigenvalue weighted by molar-refractivity contribution is 7.99. The van der Waals surface area contributed by atoms with Crippen molar-refractivity contribution in [1.29, 1.82) is 0 Å². The molecule has 11 heteroatoms. The number of hydrogen-bond donors (Lipinski definition) is 1. The van der Waals surface area contributed by atoms with Gasteiger partial charge in [-0.2, -0.15) is 0 Å². The van der Waals surface area contributed by atoms with Gasteiger partial charge >= 0.3 is 5.97 Å². The Bertz CT molecular complexity index is 1200. The molecular weight excluding hydrogens is 464 g/mol. The standard InChI is InChI=1S/C22H24N4O5S2/c1-2-30-19(28)10-14-12-32-21(23-14)25-18(27)13-33-22-24-17-8-4-3-7-16(17)20(29)26(22)11-15-6-5-9-31-15/h3-4,7-8,12,15H,2,5-6,9-11,13H2,1H3,(H,23,25,27)/t15-/m0/s1. The van der Waals surface area contributed by atoms with Gasteiger partial charge in [0.25, 0.3) is 5.56 Å². The Hall–Kier alpha value is -2.76. The summed E-state index contributed by atoms with van der Waals surface area (Å²) in [4.78, 5) is 46.1. The topological polar surface area (TPSA) is 112 Å². The van der Waals surface area contributed by atoms with Crippen molar-refractivity contribution in [2.75, 3.05) is 24.3 Å². The van der Waals surface area contributed by atoms with Gasteiger partial charge in [0.15, 0.2) is 10.3 Å². The van der Waals surface area contributed by atoms with E-state index >= 15 is 0 Å². The number of carbonyl (C=O) groups excluding carboxylic acids is 2. The predicted molar refractivity (Wildman–Crippen MR) is 127 cm³/mol. The molecule has 1 saturated heterocycles. The van der Waals surface area contributed by atoms with E-state index in [1.165, 1.54) is 23.1 Å². The van der Waals surface area contributed by atoms with Crippen molar-refractivity contribution in [3.63, 3.8) is 0 Å². The Labute approximate surface area is 198 Å². The molecule has 3 heterocycles. The van der Waals surface area contributed by atoms with Crippen LogP contribution in [0.5, 0.6) is 0 Å². The first-order valence-corrected chi connectivity index (χ1v) is 12.5. The van der Waals surface area contributed by atoms with E-state index in [4.69, 9.17) is 9.47 Å². The number of aromatic nitrogens is 3. The molecule has 1 fully saturated rings. The second kappa shape index (κ2) is 10.9. The lowest BCUT2D eigenvalue weighted by atomic mass is 10.2. The maximum atomic E-state index is 13.1. The number of ether oxygens (including phenoxy) is 2. The molecule has 0 bridgehead atoms. The summed E-state index contributed by atoms with van der Waals surface area (Å²) in [5, 5.41) is 5.88. The SMILES string of the molecule is CCOC(=O)Cc1csc(NC(=O)CSc2nc3ccccc3c(=O)n2C[C@@H]2CCCO2)n1. The molecule has 0 saturated carbocycles. The first-order valence-electron chi connectivity index (χ1n) is 10.7. The summed E-state index contributed by atoms with van der Waals surface area (Å²) in [6.45, 7) is 3.15. The molecule has 0 aliphatic carbocycles. The van der Waals surface area contributed by atoms with Crippen LogP contribution in [0.1, 0.15) is 25.5 Å². The van der Waals surface area contributed by atoms with Crippen molar-refractivity contribution in [1.82, 2.24) is 14.5 Å². The van der Waals surface area contributed by atoms with Crippen molar-refractivity contribution in [2.45, 2.75) is 44.0 Å². The number of amides is 1. The fourth-order valence-corrected chi connectivity index (χ4v) is 5.04. The van der Waals surface area contributed by atoms with E-state index in [2.05, 4.69) is 15.3 Å². The number of nitrogens with zero attached hydrogens (tertiary/aromatic N) is 3. The van der Waals surface area contributed by atoms with Crippen LogP contribution < -0.4 is 10.9 Å². The third-order valence-electron chi connectivity index (χ3n) is 5.00. The van der Waals surface area contributed by atoms with E-state index in [0.29, 0.717) is 46.6 Å². The zero-order chi connectivity index (χ0) is 23.2. The highest BCUT2D eigenvalue weighted by Crippen LogP contribution is 2.22. The molecule has 1 N–H and O–H groups in total. The van der Waals surface area contributed by atoms with Crippen molar-refractivity contribution in [2.24, 2.45) is 0 Å². The van der Waals surface area contributed by atoms with E-state index in [-0.39, 0.29) is 35.7 Å². The Balaban J connectivity index is 1.45. The maximum absolute atomic E-state index is 13.1. The van der Waals surface area contributed by atoms with Crippen LogP contribution >= 0.6 is 23.1 Å². The molecule has 9 nitrogen and oxygen atoms in total. The Morgan fingerprint density at radius 2 is 2.18 bits per heavy atom. The number of carbonyl (C=O) groups is 2. The van der Waals surface area contributed by atoms with Gasteiger partial charge in [0, 0.05) is 12.0 Å². The number of thioether (sulfide) groups is 1. The fourth-order valence-electron chi connectivity index (χ4n) is 3.50. The van der Waals surface area contributed by atoms with Gasteiger partial charge in [-0.15, -0.1) is 11.3 Å². The van der Waals surface area contributed by atoms with Crippen molar-refractivity contribution < 1.29 is 19.1 Å². The second-order valence-electron chi connectivity index (χ2n) is 7.42. The lowest BCUT2D eigenvalue weighted by Gasteiger charge is -2.16. The molecule has 1 aliphatic heterocycles. The molecule has 1 amide bonds. The Kier molecular flexibility index (Phi) is 7.73. The fraction of sp³-hybridized carbons (Fsp3) is 0.409. The van der Waals surface area contributed by atoms with Crippen LogP contribution in [-0.4, -0.2) is 51.5 Å². The minimum absolute atomic E-state index is 0.0352. The number of hydrogen-bond acceptors (Lipinski definition) is 9. The highest BCUT2D eigenvalue weighted by Gasteiger charge is 2.21. The number of rotatable bonds is 9. The van der Waals surface area contributed by atoms with Crippen LogP contribution in [0, 0.1) is 0 Å². The van der Waals surface area contributed by atoms with Gasteiger partial charge in [-0.05, 0) is 31.9 Å². The first kappa shape index (κ1) is 23.4. The first-order chi connectivity index (χ1) is 16.0. The summed E-state index contributed by atoms with van der Waals surface area (Å²) in [6.07, 6.45) is 1.89. The average molecular weight is 489 g/mol. The minimum Gasteiger partial charge on any atom is -0.466 e. The molecule has 2 aromatic heterocycles. The van der Waals surface area contributed by atoms with Gasteiger partial charge in [-0.3, -0.25) is 19.0 Å². The zero-order valence-corrected chi connectivity index (χ0v) is 19.7. The smallest absolute Gasteiger partial charge is 0.311 e. The molecule has 1 atom stereocenters. The third kappa shape index (κ3) is 5.98. The van der Waals surface area contributed by atoms with Crippen LogP contribution in [0.4, 0.5) is 5.13 Å². The summed E-state index contributed by atoms with van der Waals surface area (Å²) in [5.74, 6) is -0.575. The number of para-hydroxylation sites is 1. The van der Waals surface area contributed by atoms with Gasteiger partial charge in [0.05, 0.1) is 48.0 Å². The minimum atomic E-state index is -0.358. The molecule has 4 rings (SSSR count). The third-order valence-corrected chi connectivity index (χ3v) is 6.78. The van der Waals surface area contributed by atoms with Crippen LogP contribution in [0.15, 0.2) is 39.6 Å². The summed E-state index contributed by atoms with van der Waals surface area (Å²) < 4.78 is 12.2. The molecule has 0 spiro atoms. The van der Waals surface area contributed by atoms with E-state index in [0.717, 1.165) is 12.8 Å². The number of fused-ring (bicyclic) bond motifs is 1. The van der Waals surface area contributed by atoms with Crippen molar-refractivity contribution in [3.8, 4) is 0 Å². The molecule has 1 aliphatic rings. The Morgan fingerprint density at radius 1 is 1.33 bits per heavy atom. The predicted octanol–water partition coefficient (Wildman–Crippen LogP) is 2.87. The lowest BCUT2D eigenvalue weighted by molar-refractivity contribution is -0.142. The summed E-state index contributed by atoms with van der Waals surface area (Å²) >= 11 is 2.44. The average Bonchev–Trinajstić information content (AvgIpc) is 3.47. The van der Waals surface area contributed by atoms with Gasteiger partial charge < -0.3 is 14.8 Å². The molecule has 0 unspecified atom stereocenters. The van der Waals surface area contributed by atoms with Crippen LogP contribution in [0.3, 0.4) is 0 Å². The molecule has 0 radical (unpaired) electrons. The van der Waals surface area contributed by atoms with Crippen LogP contribution in [0.25, 0.3) is 10.9 Å². The van der Waals surface area contributed by atoms with Crippen molar-refractivity contribution in [3.05, 3.63) is 45.7 Å². The van der Waals surface area contributed by atoms with Gasteiger partial charge in [-0.25, -0.2) is 9.97 Å². The van der Waals surface area contributed by atoms with Gasteiger partial charge in [0.2, 0.25) is 5.91 Å². The summed E-state index contributed by atoms with van der Waals surface area (Å²) in [7, 11) is 0. The molecule has 3 aromatic rings. The molecule has 174 valence electrons. The number of nitrogens with one attached hydrogen (secondary N) is 1. The van der Waals surface area contributed by atoms with E-state index in [1.54, 1.807) is 29.0 Å². The zero-order valence-electron chi connectivity index (χ0n) is 18.1. The van der Waals surface area contributed by atoms with Gasteiger partial charge in [-0.1, -0.05) is 23.9 Å². The maximum Gasteiger partial charge on any atom is 0.311 e. The van der Waals surface area contributed by atoms with Crippen LogP contribution in [0.2, 0.25) is 0 Å². The summed E-state index contributed by atoms with van der Waals surface area (Å²) in [5.41, 5.74) is 1.00. The largest absolute Gasteiger partial charge is 0.466 e. The molecule has 1 aromatic carbocycles. The number of thiazole rings is 1. The van der Waals surface area contributed by atoms with E-state index in [1.807, 2.05) is 12.1 Å². The Morgan fingerprint density at radius 3 is 2.97 bits per heavy atom. The summed E-state index contributed by atoms with van der Waals surface area (Å²) in [6, 6.07) is 7.19. The molecular formula is C22H24N4O5S2. The van der Waals surface area contributed by atoms with Crippen LogP contribution in [-0.2, 0) is 32.0 Å². The highest BCUT2D eigenvalue weighted by atomic mass is 32.2. The van der Waals surface area contributed by atoms with Crippen molar-refractivity contribution >= 4 is 51.0 Å². The normalized spacial score (nSPS) is 15.6. The monoisotopic (exact) mass is 488 g/mol. The van der Waals surface area contributed by atoms with Gasteiger partial charge in [0.1, 0.15) is 0 Å². The quantitative estimate of drug-likeness (QED) is 0.278. The van der Waals surface area contributed by atoms with E-state index in [9.17, 15) is 14.4 Å². The number of benzene rings is 1. The second-order valence-corrected chi connectivity index (χ2v) is 9.23. The number of esters is 1. The molecule has 33 heavy (non-hydrogen) atoms. The van der Waals surface area contributed by atoms with E-state index < -0.39 is 0 Å². The lowest BCUT2D eigenvalue weighted by Crippen LogP contribution is -2.29.